The molecule has 0 aliphatic heterocycles. The van der Waals surface area contributed by atoms with Gasteiger partial charge in [-0.15, -0.1) is 11.3 Å². The molecule has 1 amide bonds. The minimum atomic E-state index is -0.728. The molecule has 7 heteroatoms. The number of nitrogens with one attached hydrogen (secondary N) is 1. The summed E-state index contributed by atoms with van der Waals surface area (Å²) in [5, 5.41) is 13.9. The lowest BCUT2D eigenvalue weighted by Crippen LogP contribution is -2.34. The molecule has 0 aliphatic carbocycles. The minimum absolute atomic E-state index is 0.0644. The van der Waals surface area contributed by atoms with Crippen LogP contribution in [0.4, 0.5) is 5.13 Å². The highest BCUT2D eigenvalue weighted by atomic mass is 32.1. The van der Waals surface area contributed by atoms with Crippen LogP contribution in [0.25, 0.3) is 0 Å². The normalized spacial score (nSPS) is 11.7. The lowest BCUT2D eigenvalue weighted by atomic mass is 10.1. The van der Waals surface area contributed by atoms with Crippen molar-refractivity contribution in [1.82, 2.24) is 9.55 Å². The first kappa shape index (κ1) is 14.9. The number of hydrogen-bond donors (Lipinski definition) is 1. The van der Waals surface area contributed by atoms with E-state index in [1.165, 1.54) is 15.9 Å². The molecule has 1 atom stereocenters. The number of anilines is 1. The van der Waals surface area contributed by atoms with E-state index in [0.717, 1.165) is 0 Å². The Balaban J connectivity index is 2.40. The summed E-state index contributed by atoms with van der Waals surface area (Å²) < 4.78 is 1.33. The van der Waals surface area contributed by atoms with Gasteiger partial charge in [0.25, 0.3) is 5.56 Å². The molecule has 2 aromatic heterocycles. The fraction of sp³-hybridized carbons (Fsp3) is 0.286. The van der Waals surface area contributed by atoms with E-state index in [9.17, 15) is 9.59 Å². The third kappa shape index (κ3) is 2.85. The van der Waals surface area contributed by atoms with Gasteiger partial charge in [0.2, 0.25) is 5.91 Å². The van der Waals surface area contributed by atoms with Gasteiger partial charge in [0.15, 0.2) is 5.13 Å². The first-order valence-corrected chi connectivity index (χ1v) is 7.17. The van der Waals surface area contributed by atoms with Crippen molar-refractivity contribution in [1.29, 1.82) is 5.26 Å². The molecule has 6 nitrogen and oxygen atoms in total. The standard InChI is InChI=1S/C14H14N4O2S/c1-8-6-9(2)18(13(20)11(8)7-15)10(3)12(19)17-14-16-4-5-21-14/h4-6,10H,1-3H3,(H,16,17,19)/t10-/m0/s1. The van der Waals surface area contributed by atoms with Crippen molar-refractivity contribution in [2.24, 2.45) is 0 Å². The van der Waals surface area contributed by atoms with Crippen LogP contribution in [0.2, 0.25) is 0 Å². The van der Waals surface area contributed by atoms with Crippen LogP contribution in [0, 0.1) is 25.2 Å². The first-order chi connectivity index (χ1) is 9.95. The Labute approximate surface area is 125 Å². The van der Waals surface area contributed by atoms with Gasteiger partial charge in [0.1, 0.15) is 17.7 Å². The van der Waals surface area contributed by atoms with Gasteiger partial charge in [-0.05, 0) is 32.4 Å². The van der Waals surface area contributed by atoms with Gasteiger partial charge < -0.3 is 5.32 Å². The molecule has 108 valence electrons. The highest BCUT2D eigenvalue weighted by Crippen LogP contribution is 2.15. The zero-order valence-electron chi connectivity index (χ0n) is 11.9. The van der Waals surface area contributed by atoms with E-state index in [2.05, 4.69) is 10.3 Å². The van der Waals surface area contributed by atoms with Crippen LogP contribution in [0.15, 0.2) is 22.4 Å². The number of carbonyl (C=O) groups excluding carboxylic acids is 1. The van der Waals surface area contributed by atoms with E-state index in [1.54, 1.807) is 38.4 Å². The molecule has 1 N–H and O–H groups in total. The molecule has 2 heterocycles. The van der Waals surface area contributed by atoms with Gasteiger partial charge in [-0.1, -0.05) is 0 Å². The van der Waals surface area contributed by atoms with E-state index in [0.29, 0.717) is 16.4 Å². The van der Waals surface area contributed by atoms with Gasteiger partial charge in [-0.3, -0.25) is 14.2 Å². The Morgan fingerprint density at radius 3 is 2.81 bits per heavy atom. The van der Waals surface area contributed by atoms with E-state index >= 15 is 0 Å². The third-order valence-electron chi connectivity index (χ3n) is 3.17. The van der Waals surface area contributed by atoms with Gasteiger partial charge in [-0.25, -0.2) is 4.98 Å². The summed E-state index contributed by atoms with van der Waals surface area (Å²) in [5.41, 5.74) is 0.869. The molecular weight excluding hydrogens is 288 g/mol. The number of nitriles is 1. The number of carbonyl (C=O) groups is 1. The Hall–Kier alpha value is -2.46. The smallest absolute Gasteiger partial charge is 0.269 e. The number of aromatic nitrogens is 2. The summed E-state index contributed by atoms with van der Waals surface area (Å²) >= 11 is 1.30. The van der Waals surface area contributed by atoms with Crippen molar-refractivity contribution >= 4 is 22.4 Å². The Morgan fingerprint density at radius 2 is 2.24 bits per heavy atom. The van der Waals surface area contributed by atoms with Gasteiger partial charge >= 0.3 is 0 Å². The van der Waals surface area contributed by atoms with Crippen LogP contribution in [0.5, 0.6) is 0 Å². The van der Waals surface area contributed by atoms with Crippen molar-refractivity contribution in [3.8, 4) is 6.07 Å². The predicted octanol–water partition coefficient (Wildman–Crippen LogP) is 1.99. The molecule has 0 fully saturated rings. The molecule has 2 rings (SSSR count). The second-order valence-electron chi connectivity index (χ2n) is 4.63. The lowest BCUT2D eigenvalue weighted by molar-refractivity contribution is -0.118. The van der Waals surface area contributed by atoms with Crippen molar-refractivity contribution in [2.45, 2.75) is 26.8 Å². The molecule has 0 radical (unpaired) electrons. The molecule has 21 heavy (non-hydrogen) atoms. The molecule has 2 aromatic rings. The van der Waals surface area contributed by atoms with E-state index in [-0.39, 0.29) is 11.5 Å². The zero-order valence-corrected chi connectivity index (χ0v) is 12.7. The third-order valence-corrected chi connectivity index (χ3v) is 3.86. The Bertz CT molecular complexity index is 772. The predicted molar refractivity (Wildman–Crippen MR) is 80.3 cm³/mol. The van der Waals surface area contributed by atoms with Crippen LogP contribution in [-0.2, 0) is 4.79 Å². The average Bonchev–Trinajstić information content (AvgIpc) is 2.91. The van der Waals surface area contributed by atoms with Crippen molar-refractivity contribution < 1.29 is 4.79 Å². The maximum Gasteiger partial charge on any atom is 0.269 e. The largest absolute Gasteiger partial charge is 0.300 e. The fourth-order valence-corrected chi connectivity index (χ4v) is 2.67. The molecular formula is C14H14N4O2S. The number of hydrogen-bond acceptors (Lipinski definition) is 5. The van der Waals surface area contributed by atoms with E-state index < -0.39 is 11.6 Å². The first-order valence-electron chi connectivity index (χ1n) is 6.29. The van der Waals surface area contributed by atoms with Crippen molar-refractivity contribution in [3.05, 3.63) is 44.8 Å². The van der Waals surface area contributed by atoms with Crippen LogP contribution < -0.4 is 10.9 Å². The SMILES string of the molecule is Cc1cc(C)n([C@@H](C)C(=O)Nc2nccs2)c(=O)c1C#N. The van der Waals surface area contributed by atoms with Gasteiger partial charge in [0.05, 0.1) is 0 Å². The summed E-state index contributed by atoms with van der Waals surface area (Å²) in [5.74, 6) is -0.345. The summed E-state index contributed by atoms with van der Waals surface area (Å²) in [6.07, 6.45) is 1.59. The van der Waals surface area contributed by atoms with E-state index in [4.69, 9.17) is 5.26 Å². The zero-order chi connectivity index (χ0) is 15.6. The van der Waals surface area contributed by atoms with Gasteiger partial charge in [0, 0.05) is 17.3 Å². The molecule has 0 bridgehead atoms. The highest BCUT2D eigenvalue weighted by molar-refractivity contribution is 7.13. The lowest BCUT2D eigenvalue weighted by Gasteiger charge is -2.18. The van der Waals surface area contributed by atoms with Crippen LogP contribution >= 0.6 is 11.3 Å². The molecule has 0 spiro atoms. The minimum Gasteiger partial charge on any atom is -0.300 e. The summed E-state index contributed by atoms with van der Waals surface area (Å²) in [6, 6.07) is 2.90. The second-order valence-corrected chi connectivity index (χ2v) is 5.53. The maximum atomic E-state index is 12.3. The number of nitrogens with zero attached hydrogens (tertiary/aromatic N) is 3. The highest BCUT2D eigenvalue weighted by Gasteiger charge is 2.21. The Morgan fingerprint density at radius 1 is 1.52 bits per heavy atom. The Kier molecular flexibility index (Phi) is 4.19. The monoisotopic (exact) mass is 302 g/mol. The molecule has 0 saturated carbocycles. The number of rotatable bonds is 3. The van der Waals surface area contributed by atoms with Gasteiger partial charge in [-0.2, -0.15) is 5.26 Å². The maximum absolute atomic E-state index is 12.3. The van der Waals surface area contributed by atoms with Crippen LogP contribution in [0.3, 0.4) is 0 Å². The van der Waals surface area contributed by atoms with Crippen molar-refractivity contribution in [2.75, 3.05) is 5.32 Å². The molecule has 0 saturated heterocycles. The number of amides is 1. The average molecular weight is 302 g/mol. The van der Waals surface area contributed by atoms with Crippen LogP contribution in [-0.4, -0.2) is 15.5 Å². The summed E-state index contributed by atoms with van der Waals surface area (Å²) in [7, 11) is 0. The summed E-state index contributed by atoms with van der Waals surface area (Å²) in [6.45, 7) is 5.06. The second kappa shape index (κ2) is 5.89. The number of thiazole rings is 1. The van der Waals surface area contributed by atoms with Crippen molar-refractivity contribution in [3.63, 3.8) is 0 Å². The molecule has 0 aliphatic rings. The molecule has 0 unspecified atom stereocenters. The fourth-order valence-electron chi connectivity index (χ4n) is 2.13. The number of aryl methyl sites for hydroxylation is 2. The number of pyridine rings is 1. The molecule has 0 aromatic carbocycles. The summed E-state index contributed by atoms with van der Waals surface area (Å²) in [4.78, 5) is 28.5. The topological polar surface area (TPSA) is 87.8 Å². The van der Waals surface area contributed by atoms with Crippen LogP contribution in [0.1, 0.15) is 29.8 Å². The van der Waals surface area contributed by atoms with E-state index in [1.807, 2.05) is 6.07 Å². The quantitative estimate of drug-likeness (QED) is 0.939.